The fraction of sp³-hybridized carbons (Fsp3) is 0.500. The molecule has 2 fully saturated rings. The Balaban J connectivity index is 1.70. The van der Waals surface area contributed by atoms with Crippen LogP contribution in [0.25, 0.3) is 0 Å². The Kier molecular flexibility index (Phi) is 3.94. The van der Waals surface area contributed by atoms with E-state index in [2.05, 4.69) is 10.2 Å². The minimum atomic E-state index is -4.45. The fourth-order valence-electron chi connectivity index (χ4n) is 2.96. The van der Waals surface area contributed by atoms with Gasteiger partial charge < -0.3 is 10.2 Å². The quantitative estimate of drug-likeness (QED) is 0.903. The van der Waals surface area contributed by atoms with Crippen LogP contribution in [-0.2, 0) is 12.7 Å². The number of benzene rings is 1. The summed E-state index contributed by atoms with van der Waals surface area (Å²) in [4.78, 5) is 15.4. The number of carbonyl (C=O) groups is 1. The molecular formula is C14H15ClF3N3O. The highest BCUT2D eigenvalue weighted by atomic mass is 35.5. The van der Waals surface area contributed by atoms with E-state index >= 15 is 0 Å². The third-order valence-corrected chi connectivity index (χ3v) is 4.39. The molecule has 2 amide bonds. The zero-order valence-corrected chi connectivity index (χ0v) is 12.4. The summed E-state index contributed by atoms with van der Waals surface area (Å²) < 4.78 is 38.6. The zero-order valence-electron chi connectivity index (χ0n) is 11.7. The standard InChI is InChI=1S/C14H15ClF3N3O/c15-12-2-1-9(5-11(12)14(16,17)18)7-20-3-4-21-10(8-20)6-19-13(21)22/h1-2,5,10H,3-4,6-8H2,(H,19,22)/t10-/m0/s1. The Labute approximate surface area is 130 Å². The minimum Gasteiger partial charge on any atom is -0.336 e. The Morgan fingerprint density at radius 3 is 2.82 bits per heavy atom. The van der Waals surface area contributed by atoms with Gasteiger partial charge in [-0.2, -0.15) is 13.2 Å². The van der Waals surface area contributed by atoms with Crippen LogP contribution >= 0.6 is 11.6 Å². The van der Waals surface area contributed by atoms with Crippen LogP contribution in [0.1, 0.15) is 11.1 Å². The Hall–Kier alpha value is -1.47. The van der Waals surface area contributed by atoms with E-state index in [1.165, 1.54) is 6.07 Å². The topological polar surface area (TPSA) is 35.6 Å². The molecule has 1 aromatic rings. The van der Waals surface area contributed by atoms with Gasteiger partial charge in [0, 0.05) is 32.7 Å². The average Bonchev–Trinajstić information content (AvgIpc) is 2.81. The molecule has 0 unspecified atom stereocenters. The van der Waals surface area contributed by atoms with Crippen LogP contribution in [0, 0.1) is 0 Å². The highest BCUT2D eigenvalue weighted by molar-refractivity contribution is 6.31. The second-order valence-electron chi connectivity index (χ2n) is 5.58. The molecule has 2 saturated heterocycles. The molecular weight excluding hydrogens is 319 g/mol. The van der Waals surface area contributed by atoms with Crippen LogP contribution < -0.4 is 5.32 Å². The molecule has 120 valence electrons. The molecule has 2 heterocycles. The number of hydrogen-bond acceptors (Lipinski definition) is 2. The molecule has 1 aromatic carbocycles. The van der Waals surface area contributed by atoms with Gasteiger partial charge in [-0.25, -0.2) is 4.79 Å². The van der Waals surface area contributed by atoms with Gasteiger partial charge in [-0.1, -0.05) is 17.7 Å². The predicted molar refractivity (Wildman–Crippen MR) is 75.6 cm³/mol. The summed E-state index contributed by atoms with van der Waals surface area (Å²) >= 11 is 5.63. The molecule has 2 aliphatic rings. The first-order valence-corrected chi connectivity index (χ1v) is 7.35. The van der Waals surface area contributed by atoms with Gasteiger partial charge in [0.1, 0.15) is 0 Å². The minimum absolute atomic E-state index is 0.0597. The van der Waals surface area contributed by atoms with Gasteiger partial charge in [0.25, 0.3) is 0 Å². The number of urea groups is 1. The summed E-state index contributed by atoms with van der Waals surface area (Å²) in [5, 5.41) is 2.49. The Morgan fingerprint density at radius 2 is 2.09 bits per heavy atom. The van der Waals surface area contributed by atoms with Gasteiger partial charge in [-0.05, 0) is 17.7 Å². The summed E-state index contributed by atoms with van der Waals surface area (Å²) in [5.41, 5.74) is -0.231. The van der Waals surface area contributed by atoms with Gasteiger partial charge in [0.15, 0.2) is 0 Å². The maximum absolute atomic E-state index is 12.9. The average molecular weight is 334 g/mol. The van der Waals surface area contributed by atoms with Crippen LogP contribution in [0.2, 0.25) is 5.02 Å². The summed E-state index contributed by atoms with van der Waals surface area (Å²) in [5.74, 6) is 0. The molecule has 2 aliphatic heterocycles. The fourth-order valence-corrected chi connectivity index (χ4v) is 3.18. The Bertz CT molecular complexity index is 593. The molecule has 0 bridgehead atoms. The molecule has 22 heavy (non-hydrogen) atoms. The number of hydrogen-bond donors (Lipinski definition) is 1. The first-order valence-electron chi connectivity index (χ1n) is 6.97. The highest BCUT2D eigenvalue weighted by Gasteiger charge is 2.36. The van der Waals surface area contributed by atoms with E-state index in [4.69, 9.17) is 11.6 Å². The van der Waals surface area contributed by atoms with Crippen LogP contribution in [0.15, 0.2) is 18.2 Å². The van der Waals surface area contributed by atoms with E-state index in [1.807, 2.05) is 0 Å². The van der Waals surface area contributed by atoms with Crippen molar-refractivity contribution in [3.8, 4) is 0 Å². The number of halogens is 4. The van der Waals surface area contributed by atoms with Gasteiger partial charge in [0.05, 0.1) is 16.6 Å². The summed E-state index contributed by atoms with van der Waals surface area (Å²) in [6, 6.07) is 4.04. The zero-order chi connectivity index (χ0) is 15.9. The molecule has 1 N–H and O–H groups in total. The number of amides is 2. The lowest BCUT2D eigenvalue weighted by molar-refractivity contribution is -0.137. The maximum Gasteiger partial charge on any atom is 0.417 e. The lowest BCUT2D eigenvalue weighted by Crippen LogP contribution is -2.51. The van der Waals surface area contributed by atoms with Crippen molar-refractivity contribution in [2.75, 3.05) is 26.2 Å². The summed E-state index contributed by atoms with van der Waals surface area (Å²) in [6.45, 7) is 2.90. The third kappa shape index (κ3) is 3.01. The first-order chi connectivity index (χ1) is 10.3. The molecule has 0 aromatic heterocycles. The molecule has 1 atom stereocenters. The SMILES string of the molecule is O=C1NC[C@H]2CN(Cc3ccc(Cl)c(C(F)(F)F)c3)CCN12. The third-order valence-electron chi connectivity index (χ3n) is 4.06. The number of carbonyl (C=O) groups excluding carboxylic acids is 1. The largest absolute Gasteiger partial charge is 0.417 e. The number of nitrogens with one attached hydrogen (secondary N) is 1. The summed E-state index contributed by atoms with van der Waals surface area (Å²) in [7, 11) is 0. The smallest absolute Gasteiger partial charge is 0.336 e. The molecule has 4 nitrogen and oxygen atoms in total. The lowest BCUT2D eigenvalue weighted by Gasteiger charge is -2.36. The van der Waals surface area contributed by atoms with E-state index < -0.39 is 11.7 Å². The second kappa shape index (κ2) is 5.62. The number of alkyl halides is 3. The number of rotatable bonds is 2. The molecule has 0 saturated carbocycles. The first kappa shape index (κ1) is 15.4. The second-order valence-corrected chi connectivity index (χ2v) is 5.99. The summed E-state index contributed by atoms with van der Waals surface area (Å²) in [6.07, 6.45) is -4.45. The van der Waals surface area contributed by atoms with Crippen molar-refractivity contribution < 1.29 is 18.0 Å². The number of piperazine rings is 1. The molecule has 3 rings (SSSR count). The Morgan fingerprint density at radius 1 is 1.32 bits per heavy atom. The molecule has 0 spiro atoms. The highest BCUT2D eigenvalue weighted by Crippen LogP contribution is 2.35. The molecule has 8 heteroatoms. The van der Waals surface area contributed by atoms with E-state index in [0.29, 0.717) is 38.3 Å². The normalized spacial score (nSPS) is 22.6. The van der Waals surface area contributed by atoms with Crippen LogP contribution in [0.5, 0.6) is 0 Å². The van der Waals surface area contributed by atoms with E-state index in [9.17, 15) is 18.0 Å². The van der Waals surface area contributed by atoms with Crippen molar-refractivity contribution in [2.45, 2.75) is 18.8 Å². The van der Waals surface area contributed by atoms with Crippen molar-refractivity contribution in [1.29, 1.82) is 0 Å². The van der Waals surface area contributed by atoms with Gasteiger partial charge in [-0.15, -0.1) is 0 Å². The van der Waals surface area contributed by atoms with E-state index in [-0.39, 0.29) is 17.1 Å². The van der Waals surface area contributed by atoms with Gasteiger partial charge >= 0.3 is 12.2 Å². The number of fused-ring (bicyclic) bond motifs is 1. The van der Waals surface area contributed by atoms with E-state index in [0.717, 1.165) is 6.07 Å². The molecule has 0 radical (unpaired) electrons. The van der Waals surface area contributed by atoms with Crippen molar-refractivity contribution in [1.82, 2.24) is 15.1 Å². The van der Waals surface area contributed by atoms with Gasteiger partial charge in [0.2, 0.25) is 0 Å². The van der Waals surface area contributed by atoms with Crippen LogP contribution in [0.3, 0.4) is 0 Å². The van der Waals surface area contributed by atoms with Crippen molar-refractivity contribution in [2.24, 2.45) is 0 Å². The van der Waals surface area contributed by atoms with Crippen LogP contribution in [0.4, 0.5) is 18.0 Å². The number of nitrogens with zero attached hydrogens (tertiary/aromatic N) is 2. The van der Waals surface area contributed by atoms with E-state index in [1.54, 1.807) is 11.0 Å². The monoisotopic (exact) mass is 333 g/mol. The van der Waals surface area contributed by atoms with Crippen LogP contribution in [-0.4, -0.2) is 48.1 Å². The van der Waals surface area contributed by atoms with Crippen molar-refractivity contribution in [3.05, 3.63) is 34.3 Å². The van der Waals surface area contributed by atoms with Crippen molar-refractivity contribution in [3.63, 3.8) is 0 Å². The predicted octanol–water partition coefficient (Wildman–Crippen LogP) is 2.57. The van der Waals surface area contributed by atoms with Crippen molar-refractivity contribution >= 4 is 17.6 Å². The molecule has 0 aliphatic carbocycles. The van der Waals surface area contributed by atoms with Gasteiger partial charge in [-0.3, -0.25) is 4.90 Å². The maximum atomic E-state index is 12.9. The lowest BCUT2D eigenvalue weighted by atomic mass is 10.1.